The predicted octanol–water partition coefficient (Wildman–Crippen LogP) is 2.59. The van der Waals surface area contributed by atoms with E-state index in [4.69, 9.17) is 0 Å². The van der Waals surface area contributed by atoms with Crippen LogP contribution in [0.25, 0.3) is 0 Å². The van der Waals surface area contributed by atoms with E-state index >= 15 is 0 Å². The van der Waals surface area contributed by atoms with E-state index in [1.54, 1.807) is 19.1 Å². The average molecular weight is 342 g/mol. The van der Waals surface area contributed by atoms with E-state index in [2.05, 4.69) is 10.5 Å². The summed E-state index contributed by atoms with van der Waals surface area (Å²) in [6.45, 7) is 1.66. The van der Waals surface area contributed by atoms with Gasteiger partial charge in [0.2, 0.25) is 5.91 Å². The Morgan fingerprint density at radius 2 is 1.44 bits per heavy atom. The normalized spacial score (nSPS) is 11.0. The van der Waals surface area contributed by atoms with Gasteiger partial charge >= 0.3 is 0 Å². The zero-order chi connectivity index (χ0) is 18.4. The van der Waals surface area contributed by atoms with E-state index in [9.17, 15) is 25.0 Å². The number of hydrogen-bond donors (Lipinski definition) is 1. The van der Waals surface area contributed by atoms with Crippen LogP contribution >= 0.6 is 0 Å². The van der Waals surface area contributed by atoms with Gasteiger partial charge in [-0.05, 0) is 30.2 Å². The lowest BCUT2D eigenvalue weighted by Crippen LogP contribution is -2.21. The fraction of sp³-hybridized carbons (Fsp3) is 0.125. The molecule has 1 amide bonds. The molecule has 128 valence electrons. The van der Waals surface area contributed by atoms with Gasteiger partial charge in [-0.2, -0.15) is 5.10 Å². The van der Waals surface area contributed by atoms with Gasteiger partial charge in [0.15, 0.2) is 0 Å². The lowest BCUT2D eigenvalue weighted by Gasteiger charge is -2.03. The van der Waals surface area contributed by atoms with Gasteiger partial charge in [0.05, 0.1) is 22.0 Å². The monoisotopic (exact) mass is 342 g/mol. The Kier molecular flexibility index (Phi) is 5.51. The van der Waals surface area contributed by atoms with Crippen LogP contribution in [0, 0.1) is 20.2 Å². The van der Waals surface area contributed by atoms with Crippen molar-refractivity contribution < 1.29 is 14.6 Å². The summed E-state index contributed by atoms with van der Waals surface area (Å²) in [4.78, 5) is 32.0. The highest BCUT2D eigenvalue weighted by molar-refractivity contribution is 5.99. The molecule has 0 aliphatic rings. The summed E-state index contributed by atoms with van der Waals surface area (Å²) in [5.41, 5.74) is 4.06. The van der Waals surface area contributed by atoms with Gasteiger partial charge in [-0.3, -0.25) is 25.0 Å². The summed E-state index contributed by atoms with van der Waals surface area (Å²) in [5.74, 6) is -0.380. The molecule has 0 saturated carbocycles. The zero-order valence-electron chi connectivity index (χ0n) is 13.2. The van der Waals surface area contributed by atoms with E-state index in [1.165, 1.54) is 36.4 Å². The Hall–Kier alpha value is -3.62. The molecule has 0 aromatic heterocycles. The number of non-ortho nitro benzene ring substituents is 2. The Morgan fingerprint density at radius 1 is 0.960 bits per heavy atom. The molecule has 0 spiro atoms. The number of rotatable bonds is 6. The van der Waals surface area contributed by atoms with Crippen molar-refractivity contribution in [1.29, 1.82) is 0 Å². The summed E-state index contributed by atoms with van der Waals surface area (Å²) in [7, 11) is 0. The molecule has 0 aliphatic carbocycles. The topological polar surface area (TPSA) is 128 Å². The van der Waals surface area contributed by atoms with Gasteiger partial charge in [0.25, 0.3) is 11.4 Å². The first kappa shape index (κ1) is 17.7. The van der Waals surface area contributed by atoms with Crippen LogP contribution in [0.2, 0.25) is 0 Å². The molecule has 9 nitrogen and oxygen atoms in total. The molecule has 0 fully saturated rings. The summed E-state index contributed by atoms with van der Waals surface area (Å²) in [6.07, 6.45) is 0.0229. The van der Waals surface area contributed by atoms with Crippen molar-refractivity contribution in [2.45, 2.75) is 13.3 Å². The van der Waals surface area contributed by atoms with Crippen LogP contribution in [0.4, 0.5) is 11.4 Å². The third kappa shape index (κ3) is 4.93. The number of benzene rings is 2. The zero-order valence-corrected chi connectivity index (χ0v) is 13.2. The van der Waals surface area contributed by atoms with Crippen LogP contribution in [0.1, 0.15) is 18.1 Å². The molecule has 2 aromatic rings. The first-order chi connectivity index (χ1) is 11.9. The Bertz CT molecular complexity index is 829. The third-order valence-corrected chi connectivity index (χ3v) is 3.36. The van der Waals surface area contributed by atoms with Crippen molar-refractivity contribution in [2.24, 2.45) is 5.10 Å². The van der Waals surface area contributed by atoms with Crippen LogP contribution in [-0.2, 0) is 11.2 Å². The fourth-order valence-corrected chi connectivity index (χ4v) is 2.00. The second-order valence-corrected chi connectivity index (χ2v) is 5.14. The van der Waals surface area contributed by atoms with Crippen molar-refractivity contribution in [3.63, 3.8) is 0 Å². The first-order valence-corrected chi connectivity index (χ1v) is 7.18. The van der Waals surface area contributed by atoms with Crippen molar-refractivity contribution in [3.8, 4) is 0 Å². The number of nitrogens with one attached hydrogen (secondary N) is 1. The molecule has 0 radical (unpaired) electrons. The minimum atomic E-state index is -0.512. The summed E-state index contributed by atoms with van der Waals surface area (Å²) in [5, 5.41) is 25.1. The molecule has 9 heteroatoms. The van der Waals surface area contributed by atoms with Crippen molar-refractivity contribution in [1.82, 2.24) is 5.43 Å². The summed E-state index contributed by atoms with van der Waals surface area (Å²) >= 11 is 0. The van der Waals surface area contributed by atoms with Crippen molar-refractivity contribution >= 4 is 23.0 Å². The van der Waals surface area contributed by atoms with Crippen molar-refractivity contribution in [2.75, 3.05) is 0 Å². The van der Waals surface area contributed by atoms with Crippen LogP contribution in [0.5, 0.6) is 0 Å². The third-order valence-electron chi connectivity index (χ3n) is 3.36. The maximum atomic E-state index is 11.9. The van der Waals surface area contributed by atoms with Gasteiger partial charge in [-0.15, -0.1) is 0 Å². The Balaban J connectivity index is 1.96. The number of nitrogens with zero attached hydrogens (tertiary/aromatic N) is 3. The summed E-state index contributed by atoms with van der Waals surface area (Å²) < 4.78 is 0. The maximum absolute atomic E-state index is 11.9. The SMILES string of the molecule is CC(=NNC(=O)Cc1ccc([N+](=O)[O-])cc1)c1ccc([N+](=O)[O-])cc1. The van der Waals surface area contributed by atoms with Gasteiger partial charge in [-0.1, -0.05) is 12.1 Å². The predicted molar refractivity (Wildman–Crippen MR) is 90.3 cm³/mol. The van der Waals surface area contributed by atoms with Gasteiger partial charge in [-0.25, -0.2) is 5.43 Å². The van der Waals surface area contributed by atoms with E-state index in [1.807, 2.05) is 0 Å². The number of hydrazone groups is 1. The molecule has 0 heterocycles. The molecule has 0 aliphatic heterocycles. The lowest BCUT2D eigenvalue weighted by molar-refractivity contribution is -0.385. The summed E-state index contributed by atoms with van der Waals surface area (Å²) in [6, 6.07) is 11.5. The van der Waals surface area contributed by atoms with E-state index < -0.39 is 9.85 Å². The smallest absolute Gasteiger partial charge is 0.269 e. The number of carbonyl (C=O) groups excluding carboxylic acids is 1. The molecule has 25 heavy (non-hydrogen) atoms. The highest BCUT2D eigenvalue weighted by Gasteiger charge is 2.08. The molecular formula is C16H14N4O5. The minimum Gasteiger partial charge on any atom is -0.273 e. The average Bonchev–Trinajstić information content (AvgIpc) is 2.60. The van der Waals surface area contributed by atoms with Crippen LogP contribution in [0.3, 0.4) is 0 Å². The fourth-order valence-electron chi connectivity index (χ4n) is 2.00. The molecule has 0 bridgehead atoms. The highest BCUT2D eigenvalue weighted by Crippen LogP contribution is 2.13. The highest BCUT2D eigenvalue weighted by atomic mass is 16.6. The standard InChI is InChI=1S/C16H14N4O5/c1-11(13-4-8-15(9-5-13)20(24)25)17-18-16(21)10-12-2-6-14(7-3-12)19(22)23/h2-9H,10H2,1H3,(H,18,21). The maximum Gasteiger partial charge on any atom is 0.269 e. The molecule has 0 unspecified atom stereocenters. The van der Waals surface area contributed by atoms with Gasteiger partial charge in [0, 0.05) is 24.3 Å². The number of amides is 1. The molecule has 2 aromatic carbocycles. The largest absolute Gasteiger partial charge is 0.273 e. The van der Waals surface area contributed by atoms with E-state index in [0.29, 0.717) is 16.8 Å². The quantitative estimate of drug-likeness (QED) is 0.490. The number of hydrogen-bond acceptors (Lipinski definition) is 6. The number of nitro groups is 2. The lowest BCUT2D eigenvalue weighted by atomic mass is 10.1. The van der Waals surface area contributed by atoms with E-state index in [-0.39, 0.29) is 23.7 Å². The van der Waals surface area contributed by atoms with Gasteiger partial charge < -0.3 is 0 Å². The van der Waals surface area contributed by atoms with E-state index in [0.717, 1.165) is 0 Å². The Labute approximate surface area is 142 Å². The minimum absolute atomic E-state index is 0.0229. The second kappa shape index (κ2) is 7.77. The molecule has 1 N–H and O–H groups in total. The second-order valence-electron chi connectivity index (χ2n) is 5.14. The molecule has 0 saturated heterocycles. The number of carbonyl (C=O) groups is 1. The molecule has 0 atom stereocenters. The molecule has 2 rings (SSSR count). The van der Waals surface area contributed by atoms with Crippen LogP contribution in [0.15, 0.2) is 53.6 Å². The van der Waals surface area contributed by atoms with Gasteiger partial charge in [0.1, 0.15) is 0 Å². The van der Waals surface area contributed by atoms with Crippen LogP contribution in [-0.4, -0.2) is 21.5 Å². The van der Waals surface area contributed by atoms with Crippen LogP contribution < -0.4 is 5.43 Å². The molecular weight excluding hydrogens is 328 g/mol. The van der Waals surface area contributed by atoms with Crippen molar-refractivity contribution in [3.05, 3.63) is 79.9 Å². The number of nitro benzene ring substituents is 2. The first-order valence-electron chi connectivity index (χ1n) is 7.18. The Morgan fingerprint density at radius 3 is 1.92 bits per heavy atom.